The van der Waals surface area contributed by atoms with Crippen molar-refractivity contribution in [1.29, 1.82) is 0 Å². The number of rotatable bonds is 5. The number of benzene rings is 1. The Balaban J connectivity index is 1.84. The second-order valence-electron chi connectivity index (χ2n) is 4.92. The fourth-order valence-electron chi connectivity index (χ4n) is 1.94. The molecule has 0 fully saturated rings. The first-order chi connectivity index (χ1) is 9.58. The van der Waals surface area contributed by atoms with Crippen molar-refractivity contribution in [1.82, 2.24) is 5.32 Å². The third-order valence-corrected chi connectivity index (χ3v) is 4.10. The molecule has 1 aromatic carbocycles. The van der Waals surface area contributed by atoms with Crippen molar-refractivity contribution in [3.05, 3.63) is 57.3 Å². The molecule has 3 nitrogen and oxygen atoms in total. The van der Waals surface area contributed by atoms with Crippen molar-refractivity contribution in [2.75, 3.05) is 6.54 Å². The highest BCUT2D eigenvalue weighted by atomic mass is 32.1. The zero-order valence-electron chi connectivity index (χ0n) is 11.7. The molecule has 0 saturated heterocycles. The van der Waals surface area contributed by atoms with E-state index in [0.29, 0.717) is 18.5 Å². The minimum atomic E-state index is -0.513. The van der Waals surface area contributed by atoms with Gasteiger partial charge in [-0.15, -0.1) is 0 Å². The van der Waals surface area contributed by atoms with E-state index in [1.807, 2.05) is 48.9 Å². The second kappa shape index (κ2) is 6.68. The van der Waals surface area contributed by atoms with Gasteiger partial charge in [0.1, 0.15) is 0 Å². The summed E-state index contributed by atoms with van der Waals surface area (Å²) in [4.78, 5) is 12.0. The summed E-state index contributed by atoms with van der Waals surface area (Å²) in [6, 6.07) is 7.57. The smallest absolute Gasteiger partial charge is 0.251 e. The van der Waals surface area contributed by atoms with Gasteiger partial charge in [-0.1, -0.05) is 6.07 Å². The van der Waals surface area contributed by atoms with Crippen molar-refractivity contribution < 1.29 is 9.90 Å². The topological polar surface area (TPSA) is 49.3 Å². The molecule has 0 aliphatic heterocycles. The number of carbonyl (C=O) groups excluding carboxylic acids is 1. The Labute approximate surface area is 123 Å². The Bertz CT molecular complexity index is 578. The van der Waals surface area contributed by atoms with Crippen molar-refractivity contribution in [2.24, 2.45) is 0 Å². The van der Waals surface area contributed by atoms with E-state index in [0.717, 1.165) is 11.1 Å². The van der Waals surface area contributed by atoms with Crippen LogP contribution in [-0.2, 0) is 0 Å². The zero-order valence-corrected chi connectivity index (χ0v) is 12.5. The molecule has 0 saturated carbocycles. The number of hydrogen-bond acceptors (Lipinski definition) is 3. The Morgan fingerprint density at radius 1 is 1.30 bits per heavy atom. The molecule has 2 aromatic rings. The van der Waals surface area contributed by atoms with Crippen molar-refractivity contribution in [3.63, 3.8) is 0 Å². The summed E-state index contributed by atoms with van der Waals surface area (Å²) in [5.41, 5.74) is 3.86. The lowest BCUT2D eigenvalue weighted by Crippen LogP contribution is -2.25. The van der Waals surface area contributed by atoms with Gasteiger partial charge in [-0.05, 0) is 65.9 Å². The summed E-state index contributed by atoms with van der Waals surface area (Å²) in [5.74, 6) is -0.0920. The predicted octanol–water partition coefficient (Wildman–Crippen LogP) is 3.22. The highest BCUT2D eigenvalue weighted by Gasteiger charge is 2.10. The fraction of sp³-hybridized carbons (Fsp3) is 0.312. The molecule has 0 aliphatic rings. The zero-order chi connectivity index (χ0) is 14.5. The van der Waals surface area contributed by atoms with Crippen molar-refractivity contribution in [2.45, 2.75) is 26.4 Å². The SMILES string of the molecule is Cc1ccc(C(=O)NCCC(O)c2ccsc2)cc1C. The number of carbonyl (C=O) groups is 1. The van der Waals surface area contributed by atoms with E-state index in [4.69, 9.17) is 0 Å². The van der Waals surface area contributed by atoms with Crippen molar-refractivity contribution >= 4 is 17.2 Å². The maximum Gasteiger partial charge on any atom is 0.251 e. The number of aliphatic hydroxyl groups is 1. The Morgan fingerprint density at radius 2 is 2.10 bits per heavy atom. The third-order valence-electron chi connectivity index (χ3n) is 3.40. The Kier molecular flexibility index (Phi) is 4.93. The van der Waals surface area contributed by atoms with Gasteiger partial charge in [0.05, 0.1) is 6.10 Å². The van der Waals surface area contributed by atoms with E-state index in [1.165, 1.54) is 5.56 Å². The molecule has 1 aromatic heterocycles. The summed E-state index contributed by atoms with van der Waals surface area (Å²) in [7, 11) is 0. The predicted molar refractivity (Wildman–Crippen MR) is 82.1 cm³/mol. The molecule has 1 heterocycles. The number of thiophene rings is 1. The molecule has 1 atom stereocenters. The average molecular weight is 289 g/mol. The van der Waals surface area contributed by atoms with Crippen LogP contribution in [0.5, 0.6) is 0 Å². The van der Waals surface area contributed by atoms with Gasteiger partial charge in [0.2, 0.25) is 0 Å². The molecule has 2 N–H and O–H groups in total. The largest absolute Gasteiger partial charge is 0.388 e. The molecular weight excluding hydrogens is 270 g/mol. The summed E-state index contributed by atoms with van der Waals surface area (Å²) < 4.78 is 0. The van der Waals surface area contributed by atoms with E-state index in [2.05, 4.69) is 5.32 Å². The molecule has 106 valence electrons. The van der Waals surface area contributed by atoms with Gasteiger partial charge in [-0.25, -0.2) is 0 Å². The number of aliphatic hydroxyl groups excluding tert-OH is 1. The summed E-state index contributed by atoms with van der Waals surface area (Å²) in [6.45, 7) is 4.48. The number of amides is 1. The van der Waals surface area contributed by atoms with Gasteiger partial charge in [0.15, 0.2) is 0 Å². The lowest BCUT2D eigenvalue weighted by molar-refractivity contribution is 0.0942. The van der Waals surface area contributed by atoms with E-state index in [-0.39, 0.29) is 5.91 Å². The van der Waals surface area contributed by atoms with Crippen LogP contribution in [0.1, 0.15) is 39.6 Å². The monoisotopic (exact) mass is 289 g/mol. The lowest BCUT2D eigenvalue weighted by atomic mass is 10.1. The van der Waals surface area contributed by atoms with Gasteiger partial charge in [-0.3, -0.25) is 4.79 Å². The van der Waals surface area contributed by atoms with E-state index in [9.17, 15) is 9.90 Å². The molecule has 1 unspecified atom stereocenters. The Hall–Kier alpha value is -1.65. The first-order valence-corrected chi connectivity index (χ1v) is 7.58. The normalized spacial score (nSPS) is 12.2. The standard InChI is InChI=1S/C16H19NO2S/c1-11-3-4-13(9-12(11)2)16(19)17-7-5-15(18)14-6-8-20-10-14/h3-4,6,8-10,15,18H,5,7H2,1-2H3,(H,17,19). The maximum absolute atomic E-state index is 12.0. The van der Waals surface area contributed by atoms with Gasteiger partial charge >= 0.3 is 0 Å². The highest BCUT2D eigenvalue weighted by Crippen LogP contribution is 2.18. The molecule has 2 rings (SSSR count). The first kappa shape index (κ1) is 14.8. The number of hydrogen-bond donors (Lipinski definition) is 2. The van der Waals surface area contributed by atoms with Crippen LogP contribution in [0.25, 0.3) is 0 Å². The van der Waals surface area contributed by atoms with Gasteiger partial charge in [-0.2, -0.15) is 11.3 Å². The van der Waals surface area contributed by atoms with E-state index < -0.39 is 6.10 Å². The first-order valence-electron chi connectivity index (χ1n) is 6.63. The van der Waals surface area contributed by atoms with Gasteiger partial charge in [0.25, 0.3) is 5.91 Å². The molecule has 0 aliphatic carbocycles. The van der Waals surface area contributed by atoms with Crippen LogP contribution in [0.15, 0.2) is 35.0 Å². The maximum atomic E-state index is 12.0. The van der Waals surface area contributed by atoms with Crippen LogP contribution in [0.3, 0.4) is 0 Å². The van der Waals surface area contributed by atoms with Crippen LogP contribution >= 0.6 is 11.3 Å². The summed E-state index contributed by atoms with van der Waals surface area (Å²) in [5, 5.41) is 16.6. The van der Waals surface area contributed by atoms with Crippen molar-refractivity contribution in [3.8, 4) is 0 Å². The number of nitrogens with one attached hydrogen (secondary N) is 1. The molecule has 0 bridgehead atoms. The quantitative estimate of drug-likeness (QED) is 0.888. The minimum Gasteiger partial charge on any atom is -0.388 e. The molecule has 0 radical (unpaired) electrons. The molecular formula is C16H19NO2S. The Morgan fingerprint density at radius 3 is 2.75 bits per heavy atom. The summed E-state index contributed by atoms with van der Waals surface area (Å²) in [6.07, 6.45) is 0.00847. The van der Waals surface area contributed by atoms with Gasteiger partial charge in [0, 0.05) is 12.1 Å². The third kappa shape index (κ3) is 3.68. The fourth-order valence-corrected chi connectivity index (χ4v) is 2.65. The lowest BCUT2D eigenvalue weighted by Gasteiger charge is -2.10. The highest BCUT2D eigenvalue weighted by molar-refractivity contribution is 7.07. The second-order valence-corrected chi connectivity index (χ2v) is 5.70. The van der Waals surface area contributed by atoms with Crippen LogP contribution in [0, 0.1) is 13.8 Å². The van der Waals surface area contributed by atoms with E-state index in [1.54, 1.807) is 11.3 Å². The minimum absolute atomic E-state index is 0.0920. The molecule has 1 amide bonds. The molecule has 0 spiro atoms. The van der Waals surface area contributed by atoms with Crippen LogP contribution in [0.4, 0.5) is 0 Å². The van der Waals surface area contributed by atoms with E-state index >= 15 is 0 Å². The summed E-state index contributed by atoms with van der Waals surface area (Å²) >= 11 is 1.56. The molecule has 4 heteroatoms. The van der Waals surface area contributed by atoms with Crippen LogP contribution in [-0.4, -0.2) is 17.6 Å². The van der Waals surface area contributed by atoms with Gasteiger partial charge < -0.3 is 10.4 Å². The van der Waals surface area contributed by atoms with Crippen LogP contribution in [0.2, 0.25) is 0 Å². The number of aryl methyl sites for hydroxylation is 2. The average Bonchev–Trinajstić information content (AvgIpc) is 2.95. The van der Waals surface area contributed by atoms with Crippen LogP contribution < -0.4 is 5.32 Å². The molecule has 20 heavy (non-hydrogen) atoms.